The summed E-state index contributed by atoms with van der Waals surface area (Å²) in [7, 11) is 0. The number of benzene rings is 1. The molecule has 16 heavy (non-hydrogen) atoms. The third-order valence-electron chi connectivity index (χ3n) is 1.99. The minimum Gasteiger partial charge on any atom is -0.339 e. The van der Waals surface area contributed by atoms with E-state index in [1.54, 1.807) is 0 Å². The highest BCUT2D eigenvalue weighted by Crippen LogP contribution is 2.35. The van der Waals surface area contributed by atoms with Crippen LogP contribution in [0.15, 0.2) is 18.2 Å². The maximum atomic E-state index is 12.9. The number of rotatable bonds is 1. The van der Waals surface area contributed by atoms with E-state index in [0.29, 0.717) is 5.02 Å². The Morgan fingerprint density at radius 1 is 1.31 bits per heavy atom. The fourth-order valence-corrected chi connectivity index (χ4v) is 1.45. The van der Waals surface area contributed by atoms with E-state index in [1.165, 1.54) is 18.2 Å². The summed E-state index contributed by atoms with van der Waals surface area (Å²) in [4.78, 5) is 5.76. The lowest BCUT2D eigenvalue weighted by Crippen LogP contribution is -2.17. The zero-order valence-corrected chi connectivity index (χ0v) is 8.40. The molecule has 0 aliphatic rings. The van der Waals surface area contributed by atoms with Crippen molar-refractivity contribution in [3.63, 3.8) is 0 Å². The van der Waals surface area contributed by atoms with Gasteiger partial charge in [0, 0.05) is 5.02 Å². The number of aromatic amines is 1. The Labute approximate surface area is 92.2 Å². The highest BCUT2D eigenvalue weighted by Gasteiger charge is 2.43. The smallest absolute Gasteiger partial charge is 0.339 e. The summed E-state index contributed by atoms with van der Waals surface area (Å²) in [6.45, 7) is 0. The SMILES string of the molecule is F[C@H](c1nc2ccc(Cl)cc2[nH]1)C(F)(F)F. The summed E-state index contributed by atoms with van der Waals surface area (Å²) in [5, 5.41) is 0.338. The summed E-state index contributed by atoms with van der Waals surface area (Å²) < 4.78 is 49.2. The average Bonchev–Trinajstić information content (AvgIpc) is 2.57. The Kier molecular flexibility index (Phi) is 2.53. The minimum absolute atomic E-state index is 0.242. The van der Waals surface area contributed by atoms with Gasteiger partial charge in [-0.25, -0.2) is 9.37 Å². The molecule has 0 radical (unpaired) electrons. The van der Waals surface area contributed by atoms with Gasteiger partial charge in [0.15, 0.2) is 5.82 Å². The van der Waals surface area contributed by atoms with Crippen molar-refractivity contribution in [1.82, 2.24) is 9.97 Å². The second kappa shape index (κ2) is 3.62. The first-order valence-electron chi connectivity index (χ1n) is 4.24. The van der Waals surface area contributed by atoms with Gasteiger partial charge in [-0.05, 0) is 18.2 Å². The molecule has 1 atom stereocenters. The van der Waals surface area contributed by atoms with Gasteiger partial charge in [-0.15, -0.1) is 0 Å². The monoisotopic (exact) mass is 252 g/mol. The zero-order valence-electron chi connectivity index (χ0n) is 7.65. The van der Waals surface area contributed by atoms with Crippen LogP contribution >= 0.6 is 11.6 Å². The van der Waals surface area contributed by atoms with Crippen LogP contribution in [0.4, 0.5) is 17.6 Å². The van der Waals surface area contributed by atoms with Crippen molar-refractivity contribution >= 4 is 22.6 Å². The zero-order chi connectivity index (χ0) is 11.9. The second-order valence-corrected chi connectivity index (χ2v) is 3.62. The summed E-state index contributed by atoms with van der Waals surface area (Å²) >= 11 is 5.63. The molecule has 0 spiro atoms. The van der Waals surface area contributed by atoms with Crippen LogP contribution in [0.5, 0.6) is 0 Å². The lowest BCUT2D eigenvalue weighted by atomic mass is 10.3. The molecule has 0 fully saturated rings. The standard InChI is InChI=1S/C9H5ClF4N2/c10-4-1-2-5-6(3-4)16-8(15-5)7(11)9(12,13)14/h1-3,7H,(H,15,16)/t7-/m1/s1. The molecule has 0 unspecified atom stereocenters. The maximum Gasteiger partial charge on any atom is 0.427 e. The van der Waals surface area contributed by atoms with Crippen LogP contribution in [0.25, 0.3) is 11.0 Å². The molecule has 0 aliphatic carbocycles. The topological polar surface area (TPSA) is 28.7 Å². The Morgan fingerprint density at radius 2 is 2.00 bits per heavy atom. The van der Waals surface area contributed by atoms with Gasteiger partial charge in [-0.3, -0.25) is 0 Å². The van der Waals surface area contributed by atoms with Crippen molar-refractivity contribution in [3.05, 3.63) is 29.0 Å². The number of imidazole rings is 1. The molecule has 0 aliphatic heterocycles. The first kappa shape index (κ1) is 11.2. The molecule has 0 saturated heterocycles. The predicted molar refractivity (Wildman–Crippen MR) is 51.0 cm³/mol. The Morgan fingerprint density at radius 3 is 2.62 bits per heavy atom. The van der Waals surface area contributed by atoms with E-state index < -0.39 is 18.2 Å². The van der Waals surface area contributed by atoms with E-state index in [0.717, 1.165) is 0 Å². The van der Waals surface area contributed by atoms with Gasteiger partial charge < -0.3 is 4.98 Å². The molecular weight excluding hydrogens is 248 g/mol. The number of hydrogen-bond acceptors (Lipinski definition) is 1. The fourth-order valence-electron chi connectivity index (χ4n) is 1.28. The first-order valence-corrected chi connectivity index (χ1v) is 4.61. The lowest BCUT2D eigenvalue weighted by Gasteiger charge is -2.08. The van der Waals surface area contributed by atoms with Gasteiger partial charge in [-0.1, -0.05) is 11.6 Å². The van der Waals surface area contributed by atoms with Crippen LogP contribution in [0.3, 0.4) is 0 Å². The number of aromatic nitrogens is 2. The van der Waals surface area contributed by atoms with Gasteiger partial charge >= 0.3 is 6.18 Å². The molecule has 0 bridgehead atoms. The number of hydrogen-bond donors (Lipinski definition) is 1. The molecule has 2 aromatic rings. The van der Waals surface area contributed by atoms with Crippen LogP contribution < -0.4 is 0 Å². The largest absolute Gasteiger partial charge is 0.427 e. The third kappa shape index (κ3) is 1.97. The number of nitrogens with one attached hydrogen (secondary N) is 1. The van der Waals surface area contributed by atoms with Crippen LogP contribution in [0, 0.1) is 0 Å². The molecule has 1 aromatic heterocycles. The molecule has 2 nitrogen and oxygen atoms in total. The molecule has 86 valence electrons. The van der Waals surface area contributed by atoms with E-state index in [4.69, 9.17) is 11.6 Å². The quantitative estimate of drug-likeness (QED) is 0.769. The number of H-pyrrole nitrogens is 1. The molecule has 1 heterocycles. The van der Waals surface area contributed by atoms with E-state index in [9.17, 15) is 17.6 Å². The van der Waals surface area contributed by atoms with Crippen molar-refractivity contribution in [1.29, 1.82) is 0 Å². The van der Waals surface area contributed by atoms with Crippen LogP contribution in [-0.2, 0) is 0 Å². The van der Waals surface area contributed by atoms with Crippen molar-refractivity contribution in [3.8, 4) is 0 Å². The minimum atomic E-state index is -4.96. The second-order valence-electron chi connectivity index (χ2n) is 3.19. The molecule has 1 aromatic carbocycles. The van der Waals surface area contributed by atoms with Gasteiger partial charge in [0.05, 0.1) is 11.0 Å². The Balaban J connectivity index is 2.47. The first-order chi connectivity index (χ1) is 7.38. The normalized spacial score (nSPS) is 14.3. The Bertz CT molecular complexity index is 520. The Hall–Kier alpha value is -1.30. The number of alkyl halides is 4. The van der Waals surface area contributed by atoms with Gasteiger partial charge in [0.25, 0.3) is 6.17 Å². The summed E-state index contributed by atoms with van der Waals surface area (Å²) in [5.41, 5.74) is 0.515. The highest BCUT2D eigenvalue weighted by atomic mass is 35.5. The molecule has 1 N–H and O–H groups in total. The van der Waals surface area contributed by atoms with E-state index in [2.05, 4.69) is 9.97 Å². The molecule has 2 rings (SSSR count). The molecule has 0 saturated carbocycles. The lowest BCUT2D eigenvalue weighted by molar-refractivity contribution is -0.184. The van der Waals surface area contributed by atoms with Crippen LogP contribution in [-0.4, -0.2) is 16.1 Å². The van der Waals surface area contributed by atoms with Crippen LogP contribution in [0.2, 0.25) is 5.02 Å². The number of fused-ring (bicyclic) bond motifs is 1. The van der Waals surface area contributed by atoms with E-state index in [-0.39, 0.29) is 11.0 Å². The van der Waals surface area contributed by atoms with Gasteiger partial charge in [-0.2, -0.15) is 13.2 Å². The number of nitrogens with zero attached hydrogens (tertiary/aromatic N) is 1. The van der Waals surface area contributed by atoms with Gasteiger partial charge in [0.2, 0.25) is 0 Å². The van der Waals surface area contributed by atoms with Crippen molar-refractivity contribution in [2.24, 2.45) is 0 Å². The molecule has 0 amide bonds. The van der Waals surface area contributed by atoms with E-state index in [1.807, 2.05) is 0 Å². The van der Waals surface area contributed by atoms with Crippen molar-refractivity contribution in [2.45, 2.75) is 12.3 Å². The maximum absolute atomic E-state index is 12.9. The van der Waals surface area contributed by atoms with Crippen molar-refractivity contribution < 1.29 is 17.6 Å². The summed E-state index contributed by atoms with van der Waals surface area (Å²) in [6, 6.07) is 4.27. The molecular formula is C9H5ClF4N2. The average molecular weight is 253 g/mol. The predicted octanol–water partition coefficient (Wildman–Crippen LogP) is 3.79. The summed E-state index contributed by atoms with van der Waals surface area (Å²) in [6.07, 6.45) is -8.07. The summed E-state index contributed by atoms with van der Waals surface area (Å²) in [5.74, 6) is -0.759. The van der Waals surface area contributed by atoms with Gasteiger partial charge in [0.1, 0.15) is 0 Å². The molecule has 7 heteroatoms. The highest BCUT2D eigenvalue weighted by molar-refractivity contribution is 6.31. The van der Waals surface area contributed by atoms with Crippen LogP contribution in [0.1, 0.15) is 12.0 Å². The van der Waals surface area contributed by atoms with E-state index >= 15 is 0 Å². The third-order valence-corrected chi connectivity index (χ3v) is 2.22. The van der Waals surface area contributed by atoms with Crippen molar-refractivity contribution in [2.75, 3.05) is 0 Å². The number of halogens is 5. The fraction of sp³-hybridized carbons (Fsp3) is 0.222.